The number of hydrogen-bond donors (Lipinski definition) is 3. The molecule has 0 saturated heterocycles. The van der Waals surface area contributed by atoms with Crippen LogP contribution in [0.2, 0.25) is 0 Å². The van der Waals surface area contributed by atoms with Crippen LogP contribution in [-0.4, -0.2) is 40.4 Å². The maximum Gasteiger partial charge on any atom is 0.346 e. The number of aryl methyl sites for hydroxylation is 1. The third-order valence-corrected chi connectivity index (χ3v) is 4.81. The van der Waals surface area contributed by atoms with E-state index in [0.29, 0.717) is 22.8 Å². The van der Waals surface area contributed by atoms with Crippen LogP contribution >= 0.6 is 11.8 Å². The van der Waals surface area contributed by atoms with Crippen LogP contribution in [0.3, 0.4) is 0 Å². The van der Waals surface area contributed by atoms with Crippen LogP contribution < -0.4 is 11.0 Å². The Kier molecular flexibility index (Phi) is 5.05. The molecule has 1 amide bonds. The van der Waals surface area contributed by atoms with Crippen molar-refractivity contribution < 1.29 is 9.90 Å². The van der Waals surface area contributed by atoms with Gasteiger partial charge in [-0.1, -0.05) is 12.8 Å². The molecule has 0 atom stereocenters. The molecule has 1 aliphatic carbocycles. The van der Waals surface area contributed by atoms with Crippen molar-refractivity contribution in [2.45, 2.75) is 37.6 Å². The highest BCUT2D eigenvalue weighted by molar-refractivity contribution is 7.98. The predicted octanol–water partition coefficient (Wildman–Crippen LogP) is 1.08. The Hall–Kier alpha value is -1.34. The fraction of sp³-hybridized carbons (Fsp3) is 0.643. The number of aliphatic hydroxyl groups is 1. The zero-order chi connectivity index (χ0) is 15.5. The number of nitrogens with zero attached hydrogens (tertiary/aromatic N) is 1. The standard InChI is InChI=1S/C14H21N3O3S/c1-9-10(12(21-2)17-13(20)16-9)11(19)15-7-14(8-18)5-3-4-6-14/h18H,3-8H2,1-2H3,(H,15,19)(H,16,17,20). The van der Waals surface area contributed by atoms with Crippen LogP contribution in [-0.2, 0) is 0 Å². The van der Waals surface area contributed by atoms with E-state index in [1.54, 1.807) is 13.2 Å². The lowest BCUT2D eigenvalue weighted by atomic mass is 9.87. The number of aromatic nitrogens is 2. The van der Waals surface area contributed by atoms with E-state index in [1.807, 2.05) is 0 Å². The first kappa shape index (κ1) is 16.0. The van der Waals surface area contributed by atoms with Gasteiger partial charge in [0.1, 0.15) is 5.03 Å². The van der Waals surface area contributed by atoms with Crippen molar-refractivity contribution in [3.05, 3.63) is 21.7 Å². The smallest absolute Gasteiger partial charge is 0.346 e. The summed E-state index contributed by atoms with van der Waals surface area (Å²) in [6, 6.07) is 0. The zero-order valence-electron chi connectivity index (χ0n) is 12.4. The van der Waals surface area contributed by atoms with Gasteiger partial charge in [0.15, 0.2) is 0 Å². The number of rotatable bonds is 5. The maximum atomic E-state index is 12.4. The summed E-state index contributed by atoms with van der Waals surface area (Å²) < 4.78 is 0. The first-order valence-electron chi connectivity index (χ1n) is 7.05. The van der Waals surface area contributed by atoms with E-state index < -0.39 is 5.69 Å². The summed E-state index contributed by atoms with van der Waals surface area (Å²) >= 11 is 1.27. The Morgan fingerprint density at radius 1 is 1.48 bits per heavy atom. The minimum absolute atomic E-state index is 0.0888. The quantitative estimate of drug-likeness (QED) is 0.559. The van der Waals surface area contributed by atoms with E-state index in [4.69, 9.17) is 0 Å². The zero-order valence-corrected chi connectivity index (χ0v) is 13.2. The first-order chi connectivity index (χ1) is 10.0. The number of carbonyl (C=O) groups is 1. The van der Waals surface area contributed by atoms with Gasteiger partial charge in [0.2, 0.25) is 0 Å². The van der Waals surface area contributed by atoms with Gasteiger partial charge < -0.3 is 15.4 Å². The van der Waals surface area contributed by atoms with Gasteiger partial charge in [-0.05, 0) is 26.0 Å². The fourth-order valence-corrected chi connectivity index (χ4v) is 3.47. The van der Waals surface area contributed by atoms with Crippen LogP contribution in [0.4, 0.5) is 0 Å². The minimum Gasteiger partial charge on any atom is -0.396 e. The van der Waals surface area contributed by atoms with Crippen LogP contribution in [0.15, 0.2) is 9.82 Å². The van der Waals surface area contributed by atoms with Gasteiger partial charge >= 0.3 is 5.69 Å². The molecule has 21 heavy (non-hydrogen) atoms. The number of aliphatic hydroxyl groups excluding tert-OH is 1. The van der Waals surface area contributed by atoms with Crippen LogP contribution in [0.25, 0.3) is 0 Å². The molecule has 0 unspecified atom stereocenters. The van der Waals surface area contributed by atoms with Gasteiger partial charge in [-0.15, -0.1) is 11.8 Å². The summed E-state index contributed by atoms with van der Waals surface area (Å²) in [7, 11) is 0. The lowest BCUT2D eigenvalue weighted by Crippen LogP contribution is -2.39. The fourth-order valence-electron chi connectivity index (χ4n) is 2.85. The van der Waals surface area contributed by atoms with E-state index >= 15 is 0 Å². The van der Waals surface area contributed by atoms with Crippen molar-refractivity contribution >= 4 is 17.7 Å². The normalized spacial score (nSPS) is 16.9. The summed E-state index contributed by atoms with van der Waals surface area (Å²) in [5.41, 5.74) is 0.282. The molecule has 7 heteroatoms. The van der Waals surface area contributed by atoms with E-state index in [1.165, 1.54) is 11.8 Å². The molecule has 1 saturated carbocycles. The van der Waals surface area contributed by atoms with E-state index in [9.17, 15) is 14.7 Å². The topological polar surface area (TPSA) is 95.1 Å². The van der Waals surface area contributed by atoms with E-state index in [2.05, 4.69) is 15.3 Å². The molecule has 0 bridgehead atoms. The molecule has 2 rings (SSSR count). The summed E-state index contributed by atoms with van der Waals surface area (Å²) in [4.78, 5) is 30.2. The number of carbonyl (C=O) groups excluding carboxylic acids is 1. The number of amides is 1. The molecule has 1 fully saturated rings. The molecule has 3 N–H and O–H groups in total. The molecule has 0 aromatic carbocycles. The maximum absolute atomic E-state index is 12.4. The lowest BCUT2D eigenvalue weighted by Gasteiger charge is -2.26. The number of H-pyrrole nitrogens is 1. The Morgan fingerprint density at radius 2 is 2.14 bits per heavy atom. The van der Waals surface area contributed by atoms with Gasteiger partial charge in [-0.2, -0.15) is 4.98 Å². The SMILES string of the molecule is CSc1nc(=O)[nH]c(C)c1C(=O)NCC1(CO)CCCC1. The first-order valence-corrected chi connectivity index (χ1v) is 8.28. The van der Waals surface area contributed by atoms with Crippen LogP contribution in [0.5, 0.6) is 0 Å². The van der Waals surface area contributed by atoms with Crippen molar-refractivity contribution in [1.29, 1.82) is 0 Å². The Labute approximate surface area is 127 Å². The molecule has 0 radical (unpaired) electrons. The highest BCUT2D eigenvalue weighted by Gasteiger charge is 2.33. The van der Waals surface area contributed by atoms with E-state index in [-0.39, 0.29) is 17.9 Å². The second kappa shape index (κ2) is 6.62. The van der Waals surface area contributed by atoms with Crippen molar-refractivity contribution in [1.82, 2.24) is 15.3 Å². The Bertz CT molecular complexity index is 579. The third-order valence-electron chi connectivity index (χ3n) is 4.13. The number of hydrogen-bond acceptors (Lipinski definition) is 5. The second-order valence-corrected chi connectivity index (χ2v) is 6.39. The molecule has 1 aliphatic rings. The summed E-state index contributed by atoms with van der Waals surface area (Å²) in [6.07, 6.45) is 5.83. The predicted molar refractivity (Wildman–Crippen MR) is 81.7 cm³/mol. The second-order valence-electron chi connectivity index (χ2n) is 5.60. The Balaban J connectivity index is 2.15. The minimum atomic E-state index is -0.448. The van der Waals surface area contributed by atoms with Gasteiger partial charge in [0.05, 0.1) is 12.2 Å². The average Bonchev–Trinajstić information content (AvgIpc) is 2.93. The third kappa shape index (κ3) is 3.47. The van der Waals surface area contributed by atoms with Crippen molar-refractivity contribution in [2.75, 3.05) is 19.4 Å². The van der Waals surface area contributed by atoms with Gasteiger partial charge in [0, 0.05) is 17.7 Å². The highest BCUT2D eigenvalue weighted by atomic mass is 32.2. The van der Waals surface area contributed by atoms with Crippen LogP contribution in [0, 0.1) is 12.3 Å². The van der Waals surface area contributed by atoms with Gasteiger partial charge in [0.25, 0.3) is 5.91 Å². The molecular formula is C14H21N3O3S. The Morgan fingerprint density at radius 3 is 2.71 bits per heavy atom. The molecule has 1 aromatic rings. The summed E-state index contributed by atoms with van der Waals surface area (Å²) in [5, 5.41) is 12.9. The largest absolute Gasteiger partial charge is 0.396 e. The molecular weight excluding hydrogens is 290 g/mol. The number of aromatic amines is 1. The molecule has 0 spiro atoms. The molecule has 1 heterocycles. The van der Waals surface area contributed by atoms with Gasteiger partial charge in [-0.25, -0.2) is 4.79 Å². The monoisotopic (exact) mass is 311 g/mol. The number of thioether (sulfide) groups is 1. The number of nitrogens with one attached hydrogen (secondary N) is 2. The molecule has 116 valence electrons. The highest BCUT2D eigenvalue weighted by Crippen LogP contribution is 2.37. The lowest BCUT2D eigenvalue weighted by molar-refractivity contribution is 0.0876. The molecule has 6 nitrogen and oxygen atoms in total. The molecule has 1 aromatic heterocycles. The van der Waals surface area contributed by atoms with Crippen molar-refractivity contribution in [3.8, 4) is 0 Å². The van der Waals surface area contributed by atoms with Crippen molar-refractivity contribution in [2.24, 2.45) is 5.41 Å². The molecule has 0 aliphatic heterocycles. The summed E-state index contributed by atoms with van der Waals surface area (Å²) in [5.74, 6) is -0.250. The van der Waals surface area contributed by atoms with Crippen LogP contribution in [0.1, 0.15) is 41.7 Å². The average molecular weight is 311 g/mol. The van der Waals surface area contributed by atoms with E-state index in [0.717, 1.165) is 25.7 Å². The summed E-state index contributed by atoms with van der Waals surface area (Å²) in [6.45, 7) is 2.23. The van der Waals surface area contributed by atoms with Crippen molar-refractivity contribution in [3.63, 3.8) is 0 Å². The van der Waals surface area contributed by atoms with Gasteiger partial charge in [-0.3, -0.25) is 4.79 Å².